The molecule has 3 aromatic rings. The molecular weight excluding hydrogens is 364 g/mol. The number of hydrogen-bond acceptors (Lipinski definition) is 3. The molecule has 0 heterocycles. The van der Waals surface area contributed by atoms with E-state index in [1.54, 1.807) is 37.3 Å². The molecule has 0 aliphatic heterocycles. The second kappa shape index (κ2) is 7.62. The second-order valence-electron chi connectivity index (χ2n) is 6.08. The zero-order valence-electron chi connectivity index (χ0n) is 14.5. The standard InChI is InChI=1S/C22H15F2NOS/c1-13(2)19-9-16(11-21(24)22(19)25-12-27)18-8-5-15(10-20(18)23)14-3-6-17(26)7-4-14/h3-11,26H,1H2,2H3. The summed E-state index contributed by atoms with van der Waals surface area (Å²) in [5.74, 6) is -0.971. The van der Waals surface area contributed by atoms with Gasteiger partial charge in [0.1, 0.15) is 17.3 Å². The van der Waals surface area contributed by atoms with Gasteiger partial charge in [-0.3, -0.25) is 0 Å². The number of allylic oxidation sites excluding steroid dienone is 1. The largest absolute Gasteiger partial charge is 0.508 e. The summed E-state index contributed by atoms with van der Waals surface area (Å²) < 4.78 is 29.3. The molecule has 5 heteroatoms. The maximum Gasteiger partial charge on any atom is 0.150 e. The van der Waals surface area contributed by atoms with E-state index in [-0.39, 0.29) is 17.0 Å². The van der Waals surface area contributed by atoms with Crippen molar-refractivity contribution in [2.45, 2.75) is 6.92 Å². The molecule has 1 N–H and O–H groups in total. The fraction of sp³-hybridized carbons (Fsp3) is 0.0455. The lowest BCUT2D eigenvalue weighted by Gasteiger charge is -2.11. The molecule has 0 aliphatic rings. The van der Waals surface area contributed by atoms with Gasteiger partial charge in [0.25, 0.3) is 0 Å². The first kappa shape index (κ1) is 18.6. The number of hydrogen-bond donors (Lipinski definition) is 1. The number of phenolic OH excluding ortho intramolecular Hbond substituents is 1. The average Bonchev–Trinajstić information content (AvgIpc) is 2.63. The summed E-state index contributed by atoms with van der Waals surface area (Å²) >= 11 is 4.57. The lowest BCUT2D eigenvalue weighted by Crippen LogP contribution is -1.92. The highest BCUT2D eigenvalue weighted by atomic mass is 32.1. The van der Waals surface area contributed by atoms with Crippen molar-refractivity contribution in [1.29, 1.82) is 0 Å². The average molecular weight is 379 g/mol. The third-order valence-electron chi connectivity index (χ3n) is 4.16. The van der Waals surface area contributed by atoms with Crippen LogP contribution in [0, 0.1) is 11.6 Å². The van der Waals surface area contributed by atoms with Crippen molar-refractivity contribution in [3.05, 3.63) is 78.4 Å². The summed E-state index contributed by atoms with van der Waals surface area (Å²) in [5, 5.41) is 11.5. The number of rotatable bonds is 4. The van der Waals surface area contributed by atoms with Crippen LogP contribution in [0.25, 0.3) is 27.8 Å². The number of nitrogens with zero attached hydrogens (tertiary/aromatic N) is 1. The zero-order valence-corrected chi connectivity index (χ0v) is 15.3. The van der Waals surface area contributed by atoms with E-state index in [9.17, 15) is 13.9 Å². The van der Waals surface area contributed by atoms with Gasteiger partial charge < -0.3 is 5.11 Å². The van der Waals surface area contributed by atoms with Crippen LogP contribution in [0.4, 0.5) is 14.5 Å². The molecule has 0 spiro atoms. The Hall–Kier alpha value is -3.14. The molecule has 0 saturated heterocycles. The number of benzene rings is 3. The Bertz CT molecular complexity index is 1080. The number of phenols is 1. The summed E-state index contributed by atoms with van der Waals surface area (Å²) in [6, 6.07) is 14.0. The fourth-order valence-electron chi connectivity index (χ4n) is 2.82. The van der Waals surface area contributed by atoms with E-state index in [1.807, 2.05) is 0 Å². The van der Waals surface area contributed by atoms with Crippen molar-refractivity contribution in [1.82, 2.24) is 0 Å². The number of thiocarbonyl (C=S) groups is 1. The molecule has 0 unspecified atom stereocenters. The third kappa shape index (κ3) is 3.85. The van der Waals surface area contributed by atoms with Crippen LogP contribution in [0.3, 0.4) is 0 Å². The van der Waals surface area contributed by atoms with Crippen molar-refractivity contribution < 1.29 is 13.9 Å². The van der Waals surface area contributed by atoms with Gasteiger partial charge in [-0.15, -0.1) is 0 Å². The molecule has 0 saturated carbocycles. The smallest absolute Gasteiger partial charge is 0.150 e. The van der Waals surface area contributed by atoms with Crippen LogP contribution in [-0.2, 0) is 0 Å². The molecular formula is C22H15F2NOS. The van der Waals surface area contributed by atoms with Gasteiger partial charge in [-0.2, -0.15) is 4.99 Å². The van der Waals surface area contributed by atoms with Crippen molar-refractivity contribution in [2.75, 3.05) is 0 Å². The summed E-state index contributed by atoms with van der Waals surface area (Å²) in [5.41, 5.74) is 3.13. The zero-order chi connectivity index (χ0) is 19.6. The second-order valence-corrected chi connectivity index (χ2v) is 6.26. The summed E-state index contributed by atoms with van der Waals surface area (Å²) in [7, 11) is 0. The monoisotopic (exact) mass is 379 g/mol. The molecule has 27 heavy (non-hydrogen) atoms. The van der Waals surface area contributed by atoms with Crippen LogP contribution in [-0.4, -0.2) is 10.3 Å². The summed E-state index contributed by atoms with van der Waals surface area (Å²) in [6.45, 7) is 5.54. The molecule has 0 aromatic heterocycles. The molecule has 0 atom stereocenters. The number of isothiocyanates is 1. The van der Waals surface area contributed by atoms with Gasteiger partial charge in [-0.1, -0.05) is 30.8 Å². The van der Waals surface area contributed by atoms with Gasteiger partial charge in [0.2, 0.25) is 0 Å². The van der Waals surface area contributed by atoms with Gasteiger partial charge in [0, 0.05) is 11.1 Å². The summed E-state index contributed by atoms with van der Waals surface area (Å²) in [6.07, 6.45) is 0. The summed E-state index contributed by atoms with van der Waals surface area (Å²) in [4.78, 5) is 3.76. The van der Waals surface area contributed by atoms with Crippen LogP contribution < -0.4 is 0 Å². The minimum Gasteiger partial charge on any atom is -0.508 e. The number of aliphatic imine (C=N–C) groups is 1. The minimum atomic E-state index is -0.620. The Kier molecular flexibility index (Phi) is 5.26. The van der Waals surface area contributed by atoms with Crippen LogP contribution in [0.1, 0.15) is 12.5 Å². The van der Waals surface area contributed by atoms with E-state index in [2.05, 4.69) is 29.0 Å². The van der Waals surface area contributed by atoms with Crippen LogP contribution >= 0.6 is 12.2 Å². The molecule has 3 aromatic carbocycles. The highest BCUT2D eigenvalue weighted by Crippen LogP contribution is 2.35. The minimum absolute atomic E-state index is 0.0439. The van der Waals surface area contributed by atoms with E-state index >= 15 is 0 Å². The highest BCUT2D eigenvalue weighted by molar-refractivity contribution is 7.78. The van der Waals surface area contributed by atoms with E-state index in [4.69, 9.17) is 0 Å². The molecule has 0 radical (unpaired) electrons. The SMILES string of the molecule is C=C(C)c1cc(-c2ccc(-c3ccc(O)cc3)cc2F)cc(F)c1N=C=S. The fourth-order valence-corrected chi connectivity index (χ4v) is 2.91. The normalized spacial score (nSPS) is 10.3. The molecule has 0 amide bonds. The lowest BCUT2D eigenvalue weighted by atomic mass is 9.96. The van der Waals surface area contributed by atoms with Crippen LogP contribution in [0.2, 0.25) is 0 Å². The van der Waals surface area contributed by atoms with E-state index in [0.29, 0.717) is 22.3 Å². The topological polar surface area (TPSA) is 32.6 Å². The third-order valence-corrected chi connectivity index (χ3v) is 4.25. The van der Waals surface area contributed by atoms with Gasteiger partial charge >= 0.3 is 0 Å². The van der Waals surface area contributed by atoms with Gasteiger partial charge in [0.15, 0.2) is 5.82 Å². The lowest BCUT2D eigenvalue weighted by molar-refractivity contribution is 0.475. The molecule has 0 fully saturated rings. The van der Waals surface area contributed by atoms with E-state index in [0.717, 1.165) is 5.56 Å². The Balaban J connectivity index is 2.10. The molecule has 134 valence electrons. The first-order valence-corrected chi connectivity index (χ1v) is 8.48. The van der Waals surface area contributed by atoms with E-state index in [1.165, 1.54) is 24.3 Å². The Labute approximate surface area is 161 Å². The maximum atomic E-state index is 14.8. The van der Waals surface area contributed by atoms with Gasteiger partial charge in [-0.25, -0.2) is 8.78 Å². The quantitative estimate of drug-likeness (QED) is 0.401. The molecule has 0 aliphatic carbocycles. The van der Waals surface area contributed by atoms with Gasteiger partial charge in [0.05, 0.1) is 5.16 Å². The molecule has 2 nitrogen and oxygen atoms in total. The predicted octanol–water partition coefficient (Wildman–Crippen LogP) is 6.77. The predicted molar refractivity (Wildman–Crippen MR) is 108 cm³/mol. The maximum absolute atomic E-state index is 14.8. The Morgan fingerprint density at radius 3 is 2.19 bits per heavy atom. The first-order valence-electron chi connectivity index (χ1n) is 8.07. The van der Waals surface area contributed by atoms with Crippen molar-refractivity contribution in [2.24, 2.45) is 4.99 Å². The molecule has 0 bridgehead atoms. The highest BCUT2D eigenvalue weighted by Gasteiger charge is 2.15. The van der Waals surface area contributed by atoms with E-state index < -0.39 is 11.6 Å². The van der Waals surface area contributed by atoms with Gasteiger partial charge in [-0.05, 0) is 71.7 Å². The Morgan fingerprint density at radius 2 is 1.59 bits per heavy atom. The van der Waals surface area contributed by atoms with Crippen LogP contribution in [0.15, 0.2) is 66.2 Å². The van der Waals surface area contributed by atoms with Crippen molar-refractivity contribution >= 4 is 28.6 Å². The van der Waals surface area contributed by atoms with Crippen LogP contribution in [0.5, 0.6) is 5.75 Å². The first-order chi connectivity index (χ1) is 12.9. The Morgan fingerprint density at radius 1 is 0.963 bits per heavy atom. The van der Waals surface area contributed by atoms with Crippen molar-refractivity contribution in [3.63, 3.8) is 0 Å². The number of halogens is 2. The molecule has 3 rings (SSSR count). The number of aromatic hydroxyl groups is 1. The van der Waals surface area contributed by atoms with Crippen molar-refractivity contribution in [3.8, 4) is 28.0 Å².